The van der Waals surface area contributed by atoms with E-state index >= 15 is 0 Å². The van der Waals surface area contributed by atoms with Crippen molar-refractivity contribution < 1.29 is 47.0 Å². The van der Waals surface area contributed by atoms with Gasteiger partial charge in [-0.1, -0.05) is 0 Å². The van der Waals surface area contributed by atoms with E-state index in [0.717, 1.165) is 0 Å². The summed E-state index contributed by atoms with van der Waals surface area (Å²) in [6.45, 7) is -1.04. The van der Waals surface area contributed by atoms with Crippen LogP contribution >= 0.6 is 12.0 Å². The van der Waals surface area contributed by atoms with Crippen LogP contribution in [0.3, 0.4) is 0 Å². The molecular weight excluding hydrogens is 342 g/mol. The Morgan fingerprint density at radius 3 is 2.83 bits per heavy atom. The summed E-state index contributed by atoms with van der Waals surface area (Å²) in [7, 11) is 0. The summed E-state index contributed by atoms with van der Waals surface area (Å²) in [6.07, 6.45) is 0.104. The van der Waals surface area contributed by atoms with E-state index in [1.54, 1.807) is 0 Å². The Hall–Kier alpha value is -1.46. The number of hydrogen-bond donors (Lipinski definition) is 0. The lowest BCUT2D eigenvalue weighted by molar-refractivity contribution is -0.630. The summed E-state index contributed by atoms with van der Waals surface area (Å²) in [4.78, 5) is 34.2. The molecule has 0 N–H and O–H groups in total. The zero-order valence-electron chi connectivity index (χ0n) is 11.4. The Morgan fingerprint density at radius 1 is 1.39 bits per heavy atom. The van der Waals surface area contributed by atoms with Gasteiger partial charge in [0.2, 0.25) is 0 Å². The number of ether oxygens (including phenoxy) is 3. The molecule has 0 aromatic heterocycles. The van der Waals surface area contributed by atoms with Crippen molar-refractivity contribution in [2.75, 3.05) is 6.61 Å². The molecule has 8 nitrogen and oxygen atoms in total. The van der Waals surface area contributed by atoms with Gasteiger partial charge in [0.15, 0.2) is 6.61 Å². The first kappa shape index (κ1) is 16.4. The smallest absolute Gasteiger partial charge is 0.412 e. The first-order chi connectivity index (χ1) is 10.8. The molecule has 128 valence electrons. The number of hydrogen-bond acceptors (Lipinski definition) is 9. The average molecular weight is 353 g/mol. The molecule has 0 radical (unpaired) electrons. The lowest BCUT2D eigenvalue weighted by Gasteiger charge is -2.25. The number of halogens is 2. The molecule has 11 heteroatoms. The van der Waals surface area contributed by atoms with Crippen LogP contribution in [-0.2, 0) is 32.9 Å². The molecule has 2 aliphatic carbocycles. The van der Waals surface area contributed by atoms with Gasteiger partial charge in [-0.15, -0.1) is 0 Å². The maximum atomic E-state index is 12.9. The molecule has 5 unspecified atom stereocenters. The van der Waals surface area contributed by atoms with E-state index in [-0.39, 0.29) is 23.7 Å². The zero-order chi connectivity index (χ0) is 16.8. The topological polar surface area (TPSA) is 111 Å². The van der Waals surface area contributed by atoms with E-state index in [9.17, 15) is 28.4 Å². The summed E-state index contributed by atoms with van der Waals surface area (Å²) >= 11 is -0.927. The third kappa shape index (κ3) is 2.88. The van der Waals surface area contributed by atoms with Crippen molar-refractivity contribution in [3.8, 4) is 0 Å². The Labute approximate surface area is 132 Å². The van der Waals surface area contributed by atoms with Gasteiger partial charge in [-0.05, 0) is 12.8 Å². The van der Waals surface area contributed by atoms with E-state index in [1.807, 2.05) is 0 Å². The van der Waals surface area contributed by atoms with Crippen LogP contribution < -0.4 is 5.26 Å². The van der Waals surface area contributed by atoms with Crippen molar-refractivity contribution >= 4 is 30.0 Å². The second kappa shape index (κ2) is 5.87. The van der Waals surface area contributed by atoms with Crippen molar-refractivity contribution in [2.24, 2.45) is 17.8 Å². The van der Waals surface area contributed by atoms with Crippen LogP contribution in [0.5, 0.6) is 0 Å². The summed E-state index contributed by atoms with van der Waals surface area (Å²) in [6, 6.07) is 0. The summed E-state index contributed by atoms with van der Waals surface area (Å²) in [5.41, 5.74) is 0. The average Bonchev–Trinajstić information content (AvgIpc) is 3.09. The highest BCUT2D eigenvalue weighted by atomic mass is 32.2. The third-order valence-corrected chi connectivity index (χ3v) is 4.82. The summed E-state index contributed by atoms with van der Waals surface area (Å²) in [5.74, 6) is -3.58. The molecule has 0 aromatic rings. The van der Waals surface area contributed by atoms with Crippen LogP contribution in [0.15, 0.2) is 0 Å². The Morgan fingerprint density at radius 2 is 2.13 bits per heavy atom. The van der Waals surface area contributed by atoms with Gasteiger partial charge in [-0.25, -0.2) is 9.59 Å². The normalized spacial score (nSPS) is 34.4. The van der Waals surface area contributed by atoms with Crippen molar-refractivity contribution in [1.82, 2.24) is 0 Å². The number of alkyl halides is 2. The zero-order valence-corrected chi connectivity index (χ0v) is 12.3. The molecule has 0 aromatic carbocycles. The minimum absolute atomic E-state index is 0.0165. The predicted octanol–water partition coefficient (Wildman–Crippen LogP) is -0.444. The second-order valence-electron chi connectivity index (χ2n) is 5.60. The van der Waals surface area contributed by atoms with Crippen LogP contribution in [0.4, 0.5) is 8.78 Å². The number of carbonyl (C=O) groups is 3. The Bertz CT molecular complexity index is 541. The van der Waals surface area contributed by atoms with Crippen molar-refractivity contribution in [2.45, 2.75) is 30.3 Å². The molecule has 0 spiro atoms. The van der Waals surface area contributed by atoms with E-state index in [4.69, 9.17) is 9.47 Å². The van der Waals surface area contributed by atoms with E-state index in [0.29, 0.717) is 12.8 Å². The molecule has 2 saturated carbocycles. The molecule has 3 aliphatic rings. The van der Waals surface area contributed by atoms with Gasteiger partial charge in [0.1, 0.15) is 12.2 Å². The van der Waals surface area contributed by atoms with Crippen LogP contribution in [0.1, 0.15) is 12.8 Å². The highest BCUT2D eigenvalue weighted by Crippen LogP contribution is 2.55. The molecule has 5 atom stereocenters. The van der Waals surface area contributed by atoms with Crippen molar-refractivity contribution in [3.63, 3.8) is 0 Å². The fourth-order valence-electron chi connectivity index (χ4n) is 3.54. The first-order valence-electron chi connectivity index (χ1n) is 6.76. The Balaban J connectivity index is 1.49. The minimum Gasteiger partial charge on any atom is -0.710 e. The standard InChI is InChI=1S/C12H12F2O8S/c13-12(14,23-22-18)11(17)19-3-7(15)20-8-4-1-5-6(2-4)10(16)21-9(5)8/h4-6,8-9,18H,1-3H2/p-1. The lowest BCUT2D eigenvalue weighted by atomic mass is 9.88. The highest BCUT2D eigenvalue weighted by molar-refractivity contribution is 7.96. The summed E-state index contributed by atoms with van der Waals surface area (Å²) < 4.78 is 43.1. The van der Waals surface area contributed by atoms with Crippen LogP contribution in [0.2, 0.25) is 0 Å². The maximum absolute atomic E-state index is 12.9. The van der Waals surface area contributed by atoms with Gasteiger partial charge in [0.25, 0.3) is 0 Å². The number of carbonyl (C=O) groups excluding carboxylic acids is 3. The number of rotatable bonds is 6. The quantitative estimate of drug-likeness (QED) is 0.206. The van der Waals surface area contributed by atoms with E-state index in [1.165, 1.54) is 0 Å². The largest absolute Gasteiger partial charge is 0.710 e. The van der Waals surface area contributed by atoms with E-state index in [2.05, 4.69) is 9.07 Å². The highest BCUT2D eigenvalue weighted by Gasteiger charge is 2.63. The molecule has 3 fully saturated rings. The fraction of sp³-hybridized carbons (Fsp3) is 0.750. The lowest BCUT2D eigenvalue weighted by Crippen LogP contribution is -2.38. The van der Waals surface area contributed by atoms with Gasteiger partial charge < -0.3 is 23.8 Å². The third-order valence-electron chi connectivity index (χ3n) is 4.38. The predicted molar refractivity (Wildman–Crippen MR) is 64.0 cm³/mol. The molecule has 3 rings (SSSR count). The minimum atomic E-state index is -4.22. The summed E-state index contributed by atoms with van der Waals surface area (Å²) in [5, 5.41) is 5.41. The number of fused-ring (bicyclic) bond motifs is 1. The molecule has 1 saturated heterocycles. The van der Waals surface area contributed by atoms with Crippen molar-refractivity contribution in [3.05, 3.63) is 0 Å². The Kier molecular flexibility index (Phi) is 4.19. The number of esters is 3. The second-order valence-corrected chi connectivity index (χ2v) is 6.42. The first-order valence-corrected chi connectivity index (χ1v) is 7.50. The maximum Gasteiger partial charge on any atom is 0.412 e. The van der Waals surface area contributed by atoms with Crippen LogP contribution in [0.25, 0.3) is 0 Å². The van der Waals surface area contributed by atoms with E-state index < -0.39 is 48.1 Å². The van der Waals surface area contributed by atoms with Crippen LogP contribution in [0, 0.1) is 17.8 Å². The molecule has 0 amide bonds. The van der Waals surface area contributed by atoms with Crippen molar-refractivity contribution in [1.29, 1.82) is 0 Å². The van der Waals surface area contributed by atoms with Gasteiger partial charge in [0, 0.05) is 11.8 Å². The molecule has 1 heterocycles. The van der Waals surface area contributed by atoms with Gasteiger partial charge >= 0.3 is 23.2 Å². The fourth-order valence-corrected chi connectivity index (χ4v) is 3.75. The molecular formula is C12H11F2O8S-. The van der Waals surface area contributed by atoms with Gasteiger partial charge in [-0.2, -0.15) is 8.78 Å². The SMILES string of the molecule is O=C(COC(=O)C(F)(F)SO[O-])OC1C2CC3C(=O)OC1C3C2. The van der Waals surface area contributed by atoms with Gasteiger partial charge in [-0.3, -0.25) is 4.79 Å². The molecule has 2 bridgehead atoms. The molecule has 1 aliphatic heterocycles. The van der Waals surface area contributed by atoms with Gasteiger partial charge in [0.05, 0.1) is 18.0 Å². The molecule has 23 heavy (non-hydrogen) atoms. The monoisotopic (exact) mass is 353 g/mol. The van der Waals surface area contributed by atoms with Crippen LogP contribution in [-0.4, -0.2) is 42.0 Å².